The zero-order valence-electron chi connectivity index (χ0n) is 12.6. The number of nitrogens with two attached hydrogens (primary N) is 1. The molecule has 7 heteroatoms. The van der Waals surface area contributed by atoms with Gasteiger partial charge in [-0.05, 0) is 6.04 Å². The van der Waals surface area contributed by atoms with E-state index >= 15 is 0 Å². The molecule has 1 aliphatic rings. The van der Waals surface area contributed by atoms with Crippen molar-refractivity contribution in [2.24, 2.45) is 5.73 Å². The van der Waals surface area contributed by atoms with E-state index in [4.69, 9.17) is 10.5 Å². The Balaban J connectivity index is 1.83. The summed E-state index contributed by atoms with van der Waals surface area (Å²) < 4.78 is 7.77. The van der Waals surface area contributed by atoms with Gasteiger partial charge in [0.05, 0.1) is 24.3 Å². The normalized spacial score (nSPS) is 15.6. The van der Waals surface area contributed by atoms with Gasteiger partial charge in [-0.1, -0.05) is 19.6 Å². The molecule has 1 amide bonds. The highest BCUT2D eigenvalue weighted by Gasteiger charge is 2.24. The van der Waals surface area contributed by atoms with Crippen LogP contribution in [-0.2, 0) is 29.4 Å². The third-order valence-electron chi connectivity index (χ3n) is 3.39. The predicted molar refractivity (Wildman–Crippen MR) is 79.6 cm³/mol. The molecule has 1 aliphatic heterocycles. The van der Waals surface area contributed by atoms with Gasteiger partial charge < -0.3 is 15.0 Å². The van der Waals surface area contributed by atoms with E-state index in [2.05, 4.69) is 24.6 Å². The van der Waals surface area contributed by atoms with Crippen molar-refractivity contribution >= 4 is 14.0 Å². The Labute approximate surface area is 120 Å². The van der Waals surface area contributed by atoms with E-state index < -0.39 is 8.07 Å². The number of primary amides is 1. The minimum Gasteiger partial charge on any atom is -0.369 e. The summed E-state index contributed by atoms with van der Waals surface area (Å²) in [7, 11) is -1.04. The summed E-state index contributed by atoms with van der Waals surface area (Å²) in [5, 5.41) is 0. The minimum absolute atomic E-state index is 0.285. The number of imidazole rings is 1. The Morgan fingerprint density at radius 1 is 1.45 bits per heavy atom. The van der Waals surface area contributed by atoms with Crippen LogP contribution in [-0.4, -0.2) is 41.6 Å². The minimum atomic E-state index is -1.04. The molecule has 20 heavy (non-hydrogen) atoms. The number of ether oxygens (including phenoxy) is 1. The lowest BCUT2D eigenvalue weighted by atomic mass is 10.4. The number of carbonyl (C=O) groups excluding carboxylic acids is 1. The molecular formula is C13H24N4O2Si. The van der Waals surface area contributed by atoms with E-state index in [1.165, 1.54) is 0 Å². The first kappa shape index (κ1) is 15.2. The highest BCUT2D eigenvalue weighted by atomic mass is 28.3. The zero-order valence-corrected chi connectivity index (χ0v) is 13.6. The molecule has 0 saturated carbocycles. The molecule has 0 fully saturated rings. The summed E-state index contributed by atoms with van der Waals surface area (Å²) in [6.45, 7) is 10.1. The fourth-order valence-electron chi connectivity index (χ4n) is 2.23. The SMILES string of the molecule is C[Si](C)(C)CCOCn1cnc2c1CN(CC(N)=O)C2. The van der Waals surface area contributed by atoms with Gasteiger partial charge in [0.25, 0.3) is 0 Å². The van der Waals surface area contributed by atoms with Crippen LogP contribution in [0.3, 0.4) is 0 Å². The Morgan fingerprint density at radius 3 is 2.85 bits per heavy atom. The largest absolute Gasteiger partial charge is 0.369 e. The first-order valence-electron chi connectivity index (χ1n) is 6.96. The first-order chi connectivity index (χ1) is 9.35. The third kappa shape index (κ3) is 4.16. The topological polar surface area (TPSA) is 73.4 Å². The van der Waals surface area contributed by atoms with E-state index in [1.807, 2.05) is 15.8 Å². The van der Waals surface area contributed by atoms with E-state index in [-0.39, 0.29) is 12.5 Å². The number of hydrogen-bond donors (Lipinski definition) is 1. The van der Waals surface area contributed by atoms with Crippen molar-refractivity contribution in [3.63, 3.8) is 0 Å². The van der Waals surface area contributed by atoms with E-state index in [1.54, 1.807) is 0 Å². The number of carbonyl (C=O) groups is 1. The third-order valence-corrected chi connectivity index (χ3v) is 5.09. The molecule has 0 radical (unpaired) electrons. The van der Waals surface area contributed by atoms with Gasteiger partial charge in [0, 0.05) is 27.8 Å². The Hall–Kier alpha value is -1.18. The second kappa shape index (κ2) is 6.07. The number of amides is 1. The number of fused-ring (bicyclic) bond motifs is 1. The Kier molecular flexibility index (Phi) is 4.61. The molecule has 1 aromatic rings. The van der Waals surface area contributed by atoms with Crippen LogP contribution in [0.1, 0.15) is 11.4 Å². The maximum atomic E-state index is 11.0. The van der Waals surface area contributed by atoms with Crippen LogP contribution < -0.4 is 5.73 Å². The predicted octanol–water partition coefficient (Wildman–Crippen LogP) is 0.996. The Bertz CT molecular complexity index is 481. The Morgan fingerprint density at radius 2 is 2.20 bits per heavy atom. The van der Waals surface area contributed by atoms with Gasteiger partial charge in [-0.2, -0.15) is 0 Å². The van der Waals surface area contributed by atoms with E-state index in [0.717, 1.165) is 30.6 Å². The molecule has 2 rings (SSSR count). The van der Waals surface area contributed by atoms with Crippen molar-refractivity contribution in [1.29, 1.82) is 0 Å². The molecule has 0 aromatic carbocycles. The summed E-state index contributed by atoms with van der Waals surface area (Å²) >= 11 is 0. The fraction of sp³-hybridized carbons (Fsp3) is 0.692. The van der Waals surface area contributed by atoms with Crippen molar-refractivity contribution in [2.45, 2.75) is 45.5 Å². The zero-order chi connectivity index (χ0) is 14.8. The van der Waals surface area contributed by atoms with Crippen LogP contribution >= 0.6 is 0 Å². The summed E-state index contributed by atoms with van der Waals surface area (Å²) in [5.41, 5.74) is 7.39. The maximum Gasteiger partial charge on any atom is 0.231 e. The van der Waals surface area contributed by atoms with Crippen LogP contribution in [0.5, 0.6) is 0 Å². The molecule has 0 bridgehead atoms. The van der Waals surface area contributed by atoms with E-state index in [9.17, 15) is 4.79 Å². The first-order valence-corrected chi connectivity index (χ1v) is 10.7. The standard InChI is InChI=1S/C13H24N4O2Si/c1-20(2,3)5-4-19-10-17-9-15-11-6-16(7-12(11)17)8-13(14)18/h9H,4-8,10H2,1-3H3,(H2,14,18). The van der Waals surface area contributed by atoms with Crippen LogP contribution in [0.25, 0.3) is 0 Å². The smallest absolute Gasteiger partial charge is 0.231 e. The highest BCUT2D eigenvalue weighted by molar-refractivity contribution is 6.76. The molecule has 112 valence electrons. The van der Waals surface area contributed by atoms with Crippen molar-refractivity contribution in [3.05, 3.63) is 17.7 Å². The van der Waals surface area contributed by atoms with Crippen LogP contribution in [0, 0.1) is 0 Å². The molecular weight excluding hydrogens is 272 g/mol. The lowest BCUT2D eigenvalue weighted by Gasteiger charge is -2.16. The fourth-order valence-corrected chi connectivity index (χ4v) is 2.98. The van der Waals surface area contributed by atoms with Crippen molar-refractivity contribution < 1.29 is 9.53 Å². The van der Waals surface area contributed by atoms with Gasteiger partial charge in [0.2, 0.25) is 5.91 Å². The second-order valence-electron chi connectivity index (χ2n) is 6.57. The van der Waals surface area contributed by atoms with Crippen molar-refractivity contribution in [2.75, 3.05) is 13.2 Å². The second-order valence-corrected chi connectivity index (χ2v) is 12.2. The van der Waals surface area contributed by atoms with Crippen molar-refractivity contribution in [1.82, 2.24) is 14.5 Å². The summed E-state index contributed by atoms with van der Waals surface area (Å²) in [5.74, 6) is -0.298. The maximum absolute atomic E-state index is 11.0. The van der Waals surface area contributed by atoms with Gasteiger partial charge >= 0.3 is 0 Å². The number of hydrogen-bond acceptors (Lipinski definition) is 4. The molecule has 0 saturated heterocycles. The van der Waals surface area contributed by atoms with Crippen LogP contribution in [0.4, 0.5) is 0 Å². The van der Waals surface area contributed by atoms with E-state index in [0.29, 0.717) is 13.3 Å². The quantitative estimate of drug-likeness (QED) is 0.602. The number of rotatable bonds is 7. The molecule has 0 atom stereocenters. The average molecular weight is 296 g/mol. The molecule has 6 nitrogen and oxygen atoms in total. The van der Waals surface area contributed by atoms with Gasteiger partial charge in [0.15, 0.2) is 0 Å². The molecule has 2 heterocycles. The molecule has 0 aliphatic carbocycles. The monoisotopic (exact) mass is 296 g/mol. The summed E-state index contributed by atoms with van der Waals surface area (Å²) in [6, 6.07) is 1.16. The van der Waals surface area contributed by atoms with Gasteiger partial charge in [-0.3, -0.25) is 9.69 Å². The van der Waals surface area contributed by atoms with Crippen LogP contribution in [0.15, 0.2) is 6.33 Å². The van der Waals surface area contributed by atoms with Gasteiger partial charge in [-0.15, -0.1) is 0 Å². The summed E-state index contributed by atoms with van der Waals surface area (Å²) in [6.07, 6.45) is 1.82. The lowest BCUT2D eigenvalue weighted by Crippen LogP contribution is -2.30. The van der Waals surface area contributed by atoms with Crippen LogP contribution in [0.2, 0.25) is 25.7 Å². The number of aromatic nitrogens is 2. The molecule has 1 aromatic heterocycles. The average Bonchev–Trinajstić information content (AvgIpc) is 2.83. The molecule has 0 spiro atoms. The van der Waals surface area contributed by atoms with Crippen molar-refractivity contribution in [3.8, 4) is 0 Å². The number of nitrogens with zero attached hydrogens (tertiary/aromatic N) is 3. The lowest BCUT2D eigenvalue weighted by molar-refractivity contribution is -0.119. The van der Waals surface area contributed by atoms with Gasteiger partial charge in [0.1, 0.15) is 6.73 Å². The molecule has 2 N–H and O–H groups in total. The highest BCUT2D eigenvalue weighted by Crippen LogP contribution is 2.21. The van der Waals surface area contributed by atoms with Gasteiger partial charge in [-0.25, -0.2) is 4.98 Å². The molecule has 0 unspecified atom stereocenters. The summed E-state index contributed by atoms with van der Waals surface area (Å²) in [4.78, 5) is 17.3.